The molecule has 0 unspecified atom stereocenters. The number of hydrogen-bond acceptors (Lipinski definition) is 7. The van der Waals surface area contributed by atoms with Crippen molar-refractivity contribution >= 4 is 0 Å². The van der Waals surface area contributed by atoms with Crippen LogP contribution in [0.2, 0.25) is 0 Å². The van der Waals surface area contributed by atoms with E-state index in [0.717, 1.165) is 24.2 Å². The van der Waals surface area contributed by atoms with Crippen molar-refractivity contribution in [3.63, 3.8) is 0 Å². The fourth-order valence-corrected chi connectivity index (χ4v) is 2.77. The first-order chi connectivity index (χ1) is 13.7. The first-order valence-electron chi connectivity index (χ1n) is 9.03. The summed E-state index contributed by atoms with van der Waals surface area (Å²) in [7, 11) is 4.70. The Hall–Kier alpha value is -3.29. The lowest BCUT2D eigenvalue weighted by Crippen LogP contribution is -2.03. The molecule has 0 aliphatic heterocycles. The number of unbranched alkanes of at least 4 members (excludes halogenated alkanes) is 1. The van der Waals surface area contributed by atoms with Crippen molar-refractivity contribution in [3.8, 4) is 40.1 Å². The highest BCUT2D eigenvalue weighted by atomic mass is 16.5. The van der Waals surface area contributed by atoms with Crippen molar-refractivity contribution in [1.82, 2.24) is 20.2 Å². The van der Waals surface area contributed by atoms with Crippen LogP contribution in [0.4, 0.5) is 0 Å². The Morgan fingerprint density at radius 3 is 2.18 bits per heavy atom. The molecule has 0 N–H and O–H groups in total. The summed E-state index contributed by atoms with van der Waals surface area (Å²) in [4.78, 5) is 0. The molecule has 148 valence electrons. The third-order valence-corrected chi connectivity index (χ3v) is 4.24. The number of ether oxygens (including phenoxy) is 4. The molecule has 3 aromatic rings. The Bertz CT molecular complexity index is 884. The molecule has 1 aromatic heterocycles. The van der Waals surface area contributed by atoms with E-state index in [-0.39, 0.29) is 0 Å². The first kappa shape index (κ1) is 19.5. The summed E-state index contributed by atoms with van der Waals surface area (Å²) < 4.78 is 23.6. The summed E-state index contributed by atoms with van der Waals surface area (Å²) in [5, 5.41) is 12.1. The Morgan fingerprint density at radius 1 is 0.929 bits per heavy atom. The van der Waals surface area contributed by atoms with Crippen molar-refractivity contribution in [2.45, 2.75) is 19.8 Å². The van der Waals surface area contributed by atoms with Crippen LogP contribution >= 0.6 is 0 Å². The molecule has 0 aliphatic rings. The van der Waals surface area contributed by atoms with Gasteiger partial charge in [-0.3, -0.25) is 0 Å². The van der Waals surface area contributed by atoms with Crippen LogP contribution in [-0.2, 0) is 0 Å². The summed E-state index contributed by atoms with van der Waals surface area (Å²) in [6.45, 7) is 2.84. The van der Waals surface area contributed by atoms with E-state index in [1.54, 1.807) is 38.1 Å². The molecule has 0 amide bonds. The van der Waals surface area contributed by atoms with Crippen LogP contribution < -0.4 is 18.9 Å². The zero-order valence-corrected chi connectivity index (χ0v) is 16.5. The van der Waals surface area contributed by atoms with Crippen molar-refractivity contribution in [1.29, 1.82) is 0 Å². The highest BCUT2D eigenvalue weighted by molar-refractivity contribution is 5.62. The maximum absolute atomic E-state index is 5.71. The molecular formula is C20H24N4O4. The molecule has 0 aliphatic carbocycles. The normalized spacial score (nSPS) is 10.6. The molecule has 28 heavy (non-hydrogen) atoms. The molecule has 0 spiro atoms. The van der Waals surface area contributed by atoms with Crippen molar-refractivity contribution in [2.24, 2.45) is 0 Å². The highest BCUT2D eigenvalue weighted by Crippen LogP contribution is 2.39. The highest BCUT2D eigenvalue weighted by Gasteiger charge is 2.18. The summed E-state index contributed by atoms with van der Waals surface area (Å²) in [5.41, 5.74) is 1.55. The van der Waals surface area contributed by atoms with Gasteiger partial charge in [0.1, 0.15) is 5.75 Å². The van der Waals surface area contributed by atoms with Gasteiger partial charge in [0.05, 0.1) is 33.6 Å². The van der Waals surface area contributed by atoms with Gasteiger partial charge in [0.25, 0.3) is 0 Å². The van der Waals surface area contributed by atoms with E-state index in [1.165, 1.54) is 0 Å². The number of hydrogen-bond donors (Lipinski definition) is 0. The minimum atomic E-state index is 0.511. The van der Waals surface area contributed by atoms with Gasteiger partial charge in [-0.1, -0.05) is 13.3 Å². The van der Waals surface area contributed by atoms with Gasteiger partial charge in [0, 0.05) is 17.7 Å². The monoisotopic (exact) mass is 384 g/mol. The standard InChI is InChI=1S/C20H24N4O4/c1-5-6-11-28-16-9-7-14(8-10-16)20-21-22-23-24(20)15-12-17(25-2)19(27-4)18(13-15)26-3/h7-10,12-13H,5-6,11H2,1-4H3. The lowest BCUT2D eigenvalue weighted by molar-refractivity contribution is 0.309. The van der Waals surface area contributed by atoms with Gasteiger partial charge >= 0.3 is 0 Å². The average Bonchev–Trinajstić information content (AvgIpc) is 3.23. The number of benzene rings is 2. The fourth-order valence-electron chi connectivity index (χ4n) is 2.77. The zero-order valence-electron chi connectivity index (χ0n) is 16.5. The maximum atomic E-state index is 5.71. The molecule has 2 aromatic carbocycles. The number of nitrogens with zero attached hydrogens (tertiary/aromatic N) is 4. The SMILES string of the molecule is CCCCOc1ccc(-c2nnnn2-c2cc(OC)c(OC)c(OC)c2)cc1. The lowest BCUT2D eigenvalue weighted by atomic mass is 10.2. The quantitative estimate of drug-likeness (QED) is 0.522. The molecular weight excluding hydrogens is 360 g/mol. The first-order valence-corrected chi connectivity index (χ1v) is 9.03. The van der Waals surface area contributed by atoms with Gasteiger partial charge in [0.2, 0.25) is 5.75 Å². The summed E-state index contributed by atoms with van der Waals surface area (Å²) in [6, 6.07) is 11.3. The number of tetrazole rings is 1. The molecule has 8 heteroatoms. The Kier molecular flexibility index (Phi) is 6.31. The second kappa shape index (κ2) is 9.07. The van der Waals surface area contributed by atoms with Crippen LogP contribution in [0.15, 0.2) is 36.4 Å². The number of aromatic nitrogens is 4. The third kappa shape index (κ3) is 4.00. The van der Waals surface area contributed by atoms with Crippen LogP contribution in [0, 0.1) is 0 Å². The van der Waals surface area contributed by atoms with Gasteiger partial charge in [-0.05, 0) is 41.1 Å². The third-order valence-electron chi connectivity index (χ3n) is 4.24. The molecule has 0 bridgehead atoms. The van der Waals surface area contributed by atoms with Gasteiger partial charge in [-0.2, -0.15) is 4.68 Å². The summed E-state index contributed by atoms with van der Waals surface area (Å²) in [5.74, 6) is 2.98. The minimum absolute atomic E-state index is 0.511. The molecule has 0 saturated carbocycles. The van der Waals surface area contributed by atoms with Crippen molar-refractivity contribution < 1.29 is 18.9 Å². The van der Waals surface area contributed by atoms with E-state index >= 15 is 0 Å². The van der Waals surface area contributed by atoms with Crippen LogP contribution in [-0.4, -0.2) is 48.1 Å². The number of rotatable bonds is 9. The second-order valence-electron chi connectivity index (χ2n) is 6.02. The predicted octanol–water partition coefficient (Wildman–Crippen LogP) is 3.53. The molecule has 8 nitrogen and oxygen atoms in total. The predicted molar refractivity (Wildman–Crippen MR) is 105 cm³/mol. The molecule has 3 rings (SSSR count). The molecule has 0 radical (unpaired) electrons. The van der Waals surface area contributed by atoms with Gasteiger partial charge in [-0.25, -0.2) is 0 Å². The molecule has 0 fully saturated rings. The van der Waals surface area contributed by atoms with E-state index in [1.807, 2.05) is 24.3 Å². The summed E-state index contributed by atoms with van der Waals surface area (Å²) >= 11 is 0. The van der Waals surface area contributed by atoms with Gasteiger partial charge < -0.3 is 18.9 Å². The number of methoxy groups -OCH3 is 3. The van der Waals surface area contributed by atoms with Crippen LogP contribution in [0.1, 0.15) is 19.8 Å². The minimum Gasteiger partial charge on any atom is -0.494 e. The van der Waals surface area contributed by atoms with Gasteiger partial charge in [-0.15, -0.1) is 5.10 Å². The molecule has 0 saturated heterocycles. The summed E-state index contributed by atoms with van der Waals surface area (Å²) in [6.07, 6.45) is 2.13. The Balaban J connectivity index is 1.94. The van der Waals surface area contributed by atoms with E-state index in [9.17, 15) is 0 Å². The van der Waals surface area contributed by atoms with E-state index < -0.39 is 0 Å². The largest absolute Gasteiger partial charge is 0.494 e. The van der Waals surface area contributed by atoms with Crippen LogP contribution in [0.3, 0.4) is 0 Å². The maximum Gasteiger partial charge on any atom is 0.203 e. The van der Waals surface area contributed by atoms with E-state index in [4.69, 9.17) is 18.9 Å². The fraction of sp³-hybridized carbons (Fsp3) is 0.350. The van der Waals surface area contributed by atoms with Crippen LogP contribution in [0.5, 0.6) is 23.0 Å². The van der Waals surface area contributed by atoms with Crippen molar-refractivity contribution in [2.75, 3.05) is 27.9 Å². The molecule has 1 heterocycles. The van der Waals surface area contributed by atoms with Crippen molar-refractivity contribution in [3.05, 3.63) is 36.4 Å². The topological polar surface area (TPSA) is 80.5 Å². The Morgan fingerprint density at radius 2 is 1.61 bits per heavy atom. The molecule has 0 atom stereocenters. The second-order valence-corrected chi connectivity index (χ2v) is 6.02. The van der Waals surface area contributed by atoms with E-state index in [2.05, 4.69) is 22.4 Å². The van der Waals surface area contributed by atoms with Gasteiger partial charge in [0.15, 0.2) is 17.3 Å². The zero-order chi connectivity index (χ0) is 19.9. The average molecular weight is 384 g/mol. The Labute approximate surface area is 164 Å². The lowest BCUT2D eigenvalue weighted by Gasteiger charge is -2.14. The van der Waals surface area contributed by atoms with E-state index in [0.29, 0.717) is 35.4 Å². The smallest absolute Gasteiger partial charge is 0.203 e. The van der Waals surface area contributed by atoms with Crippen LogP contribution in [0.25, 0.3) is 17.1 Å².